The van der Waals surface area contributed by atoms with Crippen LogP contribution in [0.15, 0.2) is 21.3 Å². The molecule has 2 aromatic rings. The van der Waals surface area contributed by atoms with Gasteiger partial charge in [-0.3, -0.25) is 15.1 Å². The van der Waals surface area contributed by atoms with E-state index in [-0.39, 0.29) is 5.69 Å². The molecule has 0 saturated carbocycles. The fourth-order valence-corrected chi connectivity index (χ4v) is 2.34. The largest absolute Gasteiger partial charge is 0.314 e. The molecule has 2 aromatic heterocycles. The van der Waals surface area contributed by atoms with E-state index in [1.54, 1.807) is 0 Å². The molecule has 0 aromatic carbocycles. The van der Waals surface area contributed by atoms with Gasteiger partial charge in [0.2, 0.25) is 0 Å². The van der Waals surface area contributed by atoms with E-state index < -0.39 is 4.92 Å². The number of aryl methyl sites for hydroxylation is 1. The number of aromatic nitrogens is 3. The van der Waals surface area contributed by atoms with E-state index in [2.05, 4.69) is 41.9 Å². The molecule has 0 aliphatic carbocycles. The average Bonchev–Trinajstić information content (AvgIpc) is 2.56. The van der Waals surface area contributed by atoms with Gasteiger partial charge in [-0.1, -0.05) is 0 Å². The van der Waals surface area contributed by atoms with E-state index in [9.17, 15) is 10.1 Å². The smallest absolute Gasteiger partial charge is 0.258 e. The van der Waals surface area contributed by atoms with Crippen LogP contribution in [0.4, 0.5) is 5.69 Å². The van der Waals surface area contributed by atoms with Crippen molar-refractivity contribution in [2.75, 3.05) is 0 Å². The van der Waals surface area contributed by atoms with Crippen molar-refractivity contribution in [2.24, 2.45) is 0 Å². The highest BCUT2D eigenvalue weighted by Gasteiger charge is 2.22. The maximum atomic E-state index is 11.0. The van der Waals surface area contributed by atoms with E-state index in [1.165, 1.54) is 17.1 Å². The topological polar surface area (TPSA) is 73.8 Å². The van der Waals surface area contributed by atoms with E-state index in [1.807, 2.05) is 13.8 Å². The molecule has 0 saturated heterocycles. The van der Waals surface area contributed by atoms with Crippen LogP contribution in [-0.4, -0.2) is 19.7 Å². The summed E-state index contributed by atoms with van der Waals surface area (Å²) in [5, 5.41) is 15.3. The maximum absolute atomic E-state index is 11.0. The van der Waals surface area contributed by atoms with Gasteiger partial charge in [0.15, 0.2) is 5.69 Å². The Morgan fingerprint density at radius 3 is 2.50 bits per heavy atom. The summed E-state index contributed by atoms with van der Waals surface area (Å²) in [4.78, 5) is 14.4. The molecule has 0 N–H and O–H groups in total. The summed E-state index contributed by atoms with van der Waals surface area (Å²) >= 11 is 6.68. The lowest BCUT2D eigenvalue weighted by molar-refractivity contribution is -0.385. The monoisotopic (exact) mass is 374 g/mol. The third kappa shape index (κ3) is 2.05. The Morgan fingerprint density at radius 2 is 2.00 bits per heavy atom. The highest BCUT2D eigenvalue weighted by Crippen LogP contribution is 2.32. The Hall–Kier alpha value is -1.28. The number of nitrogens with zero attached hydrogens (tertiary/aromatic N) is 4. The third-order valence-corrected chi connectivity index (χ3v) is 4.19. The maximum Gasteiger partial charge on any atom is 0.314 e. The molecule has 2 heterocycles. The molecule has 0 aliphatic rings. The van der Waals surface area contributed by atoms with Crippen LogP contribution >= 0.6 is 31.9 Å². The summed E-state index contributed by atoms with van der Waals surface area (Å²) in [5.41, 5.74) is 1.84. The molecule has 0 amide bonds. The predicted molar refractivity (Wildman–Crippen MR) is 72.9 cm³/mol. The molecule has 0 unspecified atom stereocenters. The molecule has 8 heteroatoms. The van der Waals surface area contributed by atoms with Crippen molar-refractivity contribution in [3.05, 3.63) is 42.8 Å². The van der Waals surface area contributed by atoms with Crippen molar-refractivity contribution >= 4 is 37.5 Å². The quantitative estimate of drug-likeness (QED) is 0.596. The van der Waals surface area contributed by atoms with E-state index in [0.29, 0.717) is 10.2 Å². The van der Waals surface area contributed by atoms with Crippen LogP contribution in [0, 0.1) is 24.0 Å². The number of rotatable bonds is 2. The van der Waals surface area contributed by atoms with Crippen LogP contribution < -0.4 is 0 Å². The first-order valence-electron chi connectivity index (χ1n) is 4.93. The van der Waals surface area contributed by atoms with Crippen molar-refractivity contribution in [3.8, 4) is 5.69 Å². The second-order valence-electron chi connectivity index (χ2n) is 3.64. The number of nitro groups is 1. The van der Waals surface area contributed by atoms with Crippen LogP contribution in [-0.2, 0) is 0 Å². The number of hydrogen-bond acceptors (Lipinski definition) is 4. The first-order chi connectivity index (χ1) is 8.43. The molecule has 0 radical (unpaired) electrons. The highest BCUT2D eigenvalue weighted by atomic mass is 79.9. The Labute approximate surface area is 119 Å². The lowest BCUT2D eigenvalue weighted by atomic mass is 10.3. The van der Waals surface area contributed by atoms with Crippen molar-refractivity contribution in [3.63, 3.8) is 0 Å². The fourth-order valence-electron chi connectivity index (χ4n) is 1.60. The van der Waals surface area contributed by atoms with Gasteiger partial charge in [-0.2, -0.15) is 5.10 Å². The first-order valence-corrected chi connectivity index (χ1v) is 6.52. The molecule has 6 nitrogen and oxygen atoms in total. The summed E-state index contributed by atoms with van der Waals surface area (Å²) in [6.07, 6.45) is 2.72. The Morgan fingerprint density at radius 1 is 1.33 bits per heavy atom. The fraction of sp³-hybridized carbons (Fsp3) is 0.200. The minimum absolute atomic E-state index is 0.0949. The standard InChI is InChI=1S/C10H8Br2N4O2/c1-5-9(12)6(2)15(14-5)10-7(11)3-13-4-8(10)16(17)18/h3-4H,1-2H3. The Balaban J connectivity index is 2.78. The van der Waals surface area contributed by atoms with Crippen LogP contribution in [0.5, 0.6) is 0 Å². The van der Waals surface area contributed by atoms with Gasteiger partial charge in [-0.15, -0.1) is 0 Å². The third-order valence-electron chi connectivity index (χ3n) is 2.47. The Bertz CT molecular complexity index is 639. The van der Waals surface area contributed by atoms with Crippen molar-refractivity contribution in [1.29, 1.82) is 0 Å². The van der Waals surface area contributed by atoms with Gasteiger partial charge in [-0.25, -0.2) is 4.68 Å². The van der Waals surface area contributed by atoms with Crippen LogP contribution in [0.3, 0.4) is 0 Å². The molecule has 94 valence electrons. The van der Waals surface area contributed by atoms with Gasteiger partial charge < -0.3 is 0 Å². The molecule has 0 atom stereocenters. The average molecular weight is 376 g/mol. The summed E-state index contributed by atoms with van der Waals surface area (Å²) < 4.78 is 2.89. The predicted octanol–water partition coefficient (Wildman–Crippen LogP) is 3.32. The molecule has 0 spiro atoms. The number of hydrogen-bond donors (Lipinski definition) is 0. The summed E-state index contributed by atoms with van der Waals surface area (Å²) in [6.45, 7) is 3.66. The summed E-state index contributed by atoms with van der Waals surface area (Å²) in [7, 11) is 0. The zero-order chi connectivity index (χ0) is 13.4. The summed E-state index contributed by atoms with van der Waals surface area (Å²) in [5.74, 6) is 0. The Kier molecular flexibility index (Phi) is 3.49. The second kappa shape index (κ2) is 4.77. The first kappa shape index (κ1) is 13.2. The van der Waals surface area contributed by atoms with E-state index in [4.69, 9.17) is 0 Å². The molecule has 0 aliphatic heterocycles. The zero-order valence-corrected chi connectivity index (χ0v) is 12.7. The van der Waals surface area contributed by atoms with E-state index in [0.717, 1.165) is 15.9 Å². The lowest BCUT2D eigenvalue weighted by Gasteiger charge is -2.07. The molecular formula is C10H8Br2N4O2. The lowest BCUT2D eigenvalue weighted by Crippen LogP contribution is -2.05. The van der Waals surface area contributed by atoms with Crippen LogP contribution in [0.2, 0.25) is 0 Å². The minimum atomic E-state index is -0.475. The van der Waals surface area contributed by atoms with Crippen molar-refractivity contribution in [1.82, 2.24) is 14.8 Å². The van der Waals surface area contributed by atoms with Crippen molar-refractivity contribution < 1.29 is 4.92 Å². The summed E-state index contributed by atoms with van der Waals surface area (Å²) in [6, 6.07) is 0. The van der Waals surface area contributed by atoms with Crippen molar-refractivity contribution in [2.45, 2.75) is 13.8 Å². The SMILES string of the molecule is Cc1nn(-c2c(Br)cncc2[N+](=O)[O-])c(C)c1Br. The molecule has 18 heavy (non-hydrogen) atoms. The zero-order valence-electron chi connectivity index (χ0n) is 9.52. The van der Waals surface area contributed by atoms with Crippen LogP contribution in [0.25, 0.3) is 5.69 Å². The van der Waals surface area contributed by atoms with Gasteiger partial charge in [0.25, 0.3) is 0 Å². The molecule has 2 rings (SSSR count). The van der Waals surface area contributed by atoms with Crippen LogP contribution in [0.1, 0.15) is 11.4 Å². The minimum Gasteiger partial charge on any atom is -0.258 e. The molecular weight excluding hydrogens is 368 g/mol. The van der Waals surface area contributed by atoms with E-state index >= 15 is 0 Å². The highest BCUT2D eigenvalue weighted by molar-refractivity contribution is 9.11. The van der Waals surface area contributed by atoms with Gasteiger partial charge in [-0.05, 0) is 45.7 Å². The van der Waals surface area contributed by atoms with Gasteiger partial charge in [0, 0.05) is 6.20 Å². The van der Waals surface area contributed by atoms with Gasteiger partial charge >= 0.3 is 5.69 Å². The number of halogens is 2. The number of pyridine rings is 1. The molecule has 0 bridgehead atoms. The normalized spacial score (nSPS) is 10.7. The molecule has 0 fully saturated rings. The second-order valence-corrected chi connectivity index (χ2v) is 5.29. The van der Waals surface area contributed by atoms with Gasteiger partial charge in [0.1, 0.15) is 6.20 Å². The van der Waals surface area contributed by atoms with Gasteiger partial charge in [0.05, 0.1) is 25.3 Å².